The Kier molecular flexibility index (Phi) is 8.89. The van der Waals surface area contributed by atoms with E-state index in [1.54, 1.807) is 24.9 Å². The minimum Gasteiger partial charge on any atom is -0.393 e. The van der Waals surface area contributed by atoms with Crippen molar-refractivity contribution in [3.05, 3.63) is 53.2 Å². The molecule has 0 unspecified atom stereocenters. The predicted molar refractivity (Wildman–Crippen MR) is 174 cm³/mol. The van der Waals surface area contributed by atoms with Gasteiger partial charge in [-0.25, -0.2) is 14.4 Å². The zero-order valence-electron chi connectivity index (χ0n) is 26.9. The average molecular weight is 618 g/mol. The van der Waals surface area contributed by atoms with Gasteiger partial charge in [-0.1, -0.05) is 0 Å². The number of carbonyl (C=O) groups is 1. The number of likely N-dealkylation sites (N-methyl/N-ethyl adjacent to an activating group) is 1. The first-order valence-corrected chi connectivity index (χ1v) is 15.9. The number of pyridine rings is 1. The van der Waals surface area contributed by atoms with Crippen LogP contribution in [0.4, 0.5) is 16.0 Å². The monoisotopic (exact) mass is 617 g/mol. The maximum absolute atomic E-state index is 15.9. The van der Waals surface area contributed by atoms with E-state index in [1.807, 2.05) is 13.0 Å². The van der Waals surface area contributed by atoms with Crippen LogP contribution in [0.5, 0.6) is 0 Å². The molecular formula is C33H44FN9O2. The van der Waals surface area contributed by atoms with Crippen molar-refractivity contribution < 1.29 is 14.3 Å². The van der Waals surface area contributed by atoms with Crippen LogP contribution in [0.25, 0.3) is 22.3 Å². The molecule has 1 saturated carbocycles. The summed E-state index contributed by atoms with van der Waals surface area (Å²) >= 11 is 0. The van der Waals surface area contributed by atoms with Crippen molar-refractivity contribution in [1.29, 1.82) is 0 Å². The largest absolute Gasteiger partial charge is 0.393 e. The molecule has 45 heavy (non-hydrogen) atoms. The van der Waals surface area contributed by atoms with E-state index in [0.717, 1.165) is 74.5 Å². The molecule has 1 saturated heterocycles. The lowest BCUT2D eigenvalue weighted by atomic mass is 9.93. The molecule has 0 bridgehead atoms. The second kappa shape index (κ2) is 12.9. The molecule has 3 aromatic heterocycles. The number of anilines is 2. The van der Waals surface area contributed by atoms with E-state index in [9.17, 15) is 9.90 Å². The first-order valence-electron chi connectivity index (χ1n) is 15.9. The maximum Gasteiger partial charge on any atom is 0.261 e. The van der Waals surface area contributed by atoms with E-state index in [2.05, 4.69) is 60.9 Å². The van der Waals surface area contributed by atoms with E-state index in [-0.39, 0.29) is 23.4 Å². The molecule has 4 heterocycles. The third kappa shape index (κ3) is 6.45. The Bertz CT molecular complexity index is 1680. The molecule has 2 aliphatic rings. The number of carbonyl (C=O) groups excluding carboxylic acids is 1. The number of nitrogens with one attached hydrogen (secondary N) is 1. The third-order valence-electron chi connectivity index (χ3n) is 9.35. The van der Waals surface area contributed by atoms with Crippen LogP contribution in [0.3, 0.4) is 0 Å². The lowest BCUT2D eigenvalue weighted by Crippen LogP contribution is -2.48. The number of piperazine rings is 1. The van der Waals surface area contributed by atoms with Crippen molar-refractivity contribution >= 4 is 28.6 Å². The Hall–Kier alpha value is -3.87. The molecule has 1 aliphatic carbocycles. The highest BCUT2D eigenvalue weighted by atomic mass is 19.1. The summed E-state index contributed by atoms with van der Waals surface area (Å²) < 4.78 is 19.7. The van der Waals surface area contributed by atoms with E-state index < -0.39 is 11.7 Å². The van der Waals surface area contributed by atoms with E-state index >= 15 is 4.39 Å². The number of halogens is 1. The smallest absolute Gasteiger partial charge is 0.261 e. The summed E-state index contributed by atoms with van der Waals surface area (Å²) in [5.41, 5.74) is 4.66. The maximum atomic E-state index is 15.9. The number of aryl methyl sites for hydroxylation is 2. The topological polar surface area (TPSA) is 108 Å². The number of benzene rings is 1. The van der Waals surface area contributed by atoms with Gasteiger partial charge in [-0.3, -0.25) is 19.7 Å². The van der Waals surface area contributed by atoms with Gasteiger partial charge in [0, 0.05) is 75.0 Å². The fourth-order valence-electron chi connectivity index (χ4n) is 6.52. The number of amides is 1. The van der Waals surface area contributed by atoms with Gasteiger partial charge in [-0.2, -0.15) is 5.10 Å². The molecule has 1 amide bonds. The molecule has 2 fully saturated rings. The van der Waals surface area contributed by atoms with Crippen molar-refractivity contribution in [2.45, 2.75) is 51.7 Å². The summed E-state index contributed by atoms with van der Waals surface area (Å²) in [5.74, 6) is -0.887. The highest BCUT2D eigenvalue weighted by Crippen LogP contribution is 2.36. The highest BCUT2D eigenvalue weighted by molar-refractivity contribution is 6.05. The van der Waals surface area contributed by atoms with Gasteiger partial charge in [0.15, 0.2) is 5.82 Å². The van der Waals surface area contributed by atoms with Crippen molar-refractivity contribution in [2.75, 3.05) is 63.6 Å². The molecule has 0 spiro atoms. The Morgan fingerprint density at radius 3 is 2.47 bits per heavy atom. The zero-order chi connectivity index (χ0) is 31.8. The Morgan fingerprint density at radius 1 is 1.07 bits per heavy atom. The minimum atomic E-state index is -0.690. The summed E-state index contributed by atoms with van der Waals surface area (Å²) in [6.07, 6.45) is 4.13. The van der Waals surface area contributed by atoms with Crippen molar-refractivity contribution in [3.8, 4) is 11.3 Å². The van der Waals surface area contributed by atoms with Crippen molar-refractivity contribution in [3.63, 3.8) is 0 Å². The lowest BCUT2D eigenvalue weighted by molar-refractivity contribution is 0.101. The van der Waals surface area contributed by atoms with E-state index in [1.165, 1.54) is 6.07 Å². The van der Waals surface area contributed by atoms with Gasteiger partial charge in [-0.05, 0) is 77.9 Å². The molecule has 0 atom stereocenters. The van der Waals surface area contributed by atoms with Gasteiger partial charge in [0.1, 0.15) is 5.69 Å². The number of aromatic nitrogens is 5. The first-order chi connectivity index (χ1) is 21.6. The fourth-order valence-corrected chi connectivity index (χ4v) is 6.52. The second-order valence-corrected chi connectivity index (χ2v) is 12.8. The van der Waals surface area contributed by atoms with Gasteiger partial charge in [0.05, 0.1) is 28.9 Å². The number of imidazole rings is 1. The van der Waals surface area contributed by atoms with Gasteiger partial charge < -0.3 is 19.5 Å². The second-order valence-electron chi connectivity index (χ2n) is 12.8. The van der Waals surface area contributed by atoms with Crippen molar-refractivity contribution in [1.82, 2.24) is 34.1 Å². The summed E-state index contributed by atoms with van der Waals surface area (Å²) in [6.45, 7) is 9.57. The van der Waals surface area contributed by atoms with Crippen LogP contribution < -0.4 is 10.2 Å². The number of aliphatic hydroxyl groups excluding tert-OH is 1. The molecule has 12 heteroatoms. The molecule has 0 radical (unpaired) electrons. The normalized spacial score (nSPS) is 19.5. The molecule has 4 aromatic rings. The summed E-state index contributed by atoms with van der Waals surface area (Å²) in [6, 6.07) is 7.79. The quantitative estimate of drug-likeness (QED) is 0.306. The first kappa shape index (κ1) is 31.1. The van der Waals surface area contributed by atoms with Gasteiger partial charge in [0.2, 0.25) is 5.95 Å². The standard InChI is InChI=1S/C33H44FN9O2/c1-21-18-26(30(34)31(36-21)27-20-35-40(5)22(27)2)32(45)38-33-37-28-11-8-24(42-16-14-41(15-17-42)13-12-39(3)4)19-29(28)43(33)23-6-9-25(44)10-7-23/h8,11,18-20,23,25,44H,6-7,9-10,12-17H2,1-5H3,(H,37,38,45)/t23-,25+. The molecule has 240 valence electrons. The van der Waals surface area contributed by atoms with Crippen LogP contribution in [-0.4, -0.2) is 105 Å². The number of aliphatic hydroxyl groups is 1. The van der Waals surface area contributed by atoms with Crippen LogP contribution >= 0.6 is 0 Å². The number of hydrogen-bond donors (Lipinski definition) is 2. The van der Waals surface area contributed by atoms with E-state index in [0.29, 0.717) is 30.0 Å². The number of nitrogens with zero attached hydrogens (tertiary/aromatic N) is 8. The number of fused-ring (bicyclic) bond motifs is 1. The third-order valence-corrected chi connectivity index (χ3v) is 9.35. The Balaban J connectivity index is 1.31. The van der Waals surface area contributed by atoms with Gasteiger partial charge in [0.25, 0.3) is 5.91 Å². The molecule has 2 N–H and O–H groups in total. The fraction of sp³-hybridized carbons (Fsp3) is 0.515. The minimum absolute atomic E-state index is 0.0458. The van der Waals surface area contributed by atoms with Crippen LogP contribution in [-0.2, 0) is 7.05 Å². The predicted octanol–water partition coefficient (Wildman–Crippen LogP) is 4.00. The van der Waals surface area contributed by atoms with E-state index in [4.69, 9.17) is 4.98 Å². The van der Waals surface area contributed by atoms with Crippen molar-refractivity contribution in [2.24, 2.45) is 7.05 Å². The number of rotatable bonds is 8. The Labute approximate surface area is 263 Å². The number of hydrogen-bond acceptors (Lipinski definition) is 8. The van der Waals surface area contributed by atoms with Gasteiger partial charge >= 0.3 is 0 Å². The van der Waals surface area contributed by atoms with Crippen LogP contribution in [0.2, 0.25) is 0 Å². The molecule has 6 rings (SSSR count). The van der Waals surface area contributed by atoms with Crippen LogP contribution in [0.1, 0.15) is 53.5 Å². The SMILES string of the molecule is Cc1cc(C(=O)Nc2nc3ccc(N4CCN(CCN(C)C)CC4)cc3n2[C@H]2CC[C@@H](O)CC2)c(F)c(-c2cnn(C)c2C)n1. The summed E-state index contributed by atoms with van der Waals surface area (Å²) in [5, 5.41) is 17.4. The van der Waals surface area contributed by atoms with Gasteiger partial charge in [-0.15, -0.1) is 0 Å². The summed E-state index contributed by atoms with van der Waals surface area (Å²) in [4.78, 5) is 30.1. The molecule has 1 aromatic carbocycles. The van der Waals surface area contributed by atoms with Crippen LogP contribution in [0.15, 0.2) is 30.5 Å². The Morgan fingerprint density at radius 2 is 1.80 bits per heavy atom. The molecular weight excluding hydrogens is 573 g/mol. The zero-order valence-corrected chi connectivity index (χ0v) is 26.9. The average Bonchev–Trinajstić information content (AvgIpc) is 3.55. The summed E-state index contributed by atoms with van der Waals surface area (Å²) in [7, 11) is 5.99. The highest BCUT2D eigenvalue weighted by Gasteiger charge is 2.28. The van der Waals surface area contributed by atoms with Crippen LogP contribution in [0, 0.1) is 19.7 Å². The lowest BCUT2D eigenvalue weighted by Gasteiger charge is -2.36. The molecule has 1 aliphatic heterocycles. The molecule has 11 nitrogen and oxygen atoms in total.